The van der Waals surface area contributed by atoms with E-state index >= 15 is 0 Å². The van der Waals surface area contributed by atoms with Crippen LogP contribution in [-0.4, -0.2) is 75.1 Å². The Morgan fingerprint density at radius 1 is 1.03 bits per heavy atom. The number of hydrogen-bond donors (Lipinski definition) is 1. The first-order valence-electron chi connectivity index (χ1n) is 11.0. The summed E-state index contributed by atoms with van der Waals surface area (Å²) in [6.45, 7) is 4.44. The lowest BCUT2D eigenvalue weighted by Crippen LogP contribution is -2.48. The van der Waals surface area contributed by atoms with Crippen molar-refractivity contribution in [2.75, 3.05) is 53.5 Å². The van der Waals surface area contributed by atoms with Crippen molar-refractivity contribution in [3.63, 3.8) is 0 Å². The van der Waals surface area contributed by atoms with Gasteiger partial charge in [-0.05, 0) is 48.9 Å². The number of carbonyl (C=O) groups excluding carboxylic acids is 2. The molecule has 0 aliphatic carbocycles. The van der Waals surface area contributed by atoms with Gasteiger partial charge in [0.05, 0.1) is 14.2 Å². The van der Waals surface area contributed by atoms with E-state index in [9.17, 15) is 9.59 Å². The molecule has 3 rings (SSSR count). The summed E-state index contributed by atoms with van der Waals surface area (Å²) in [7, 11) is 3.10. The third-order valence-corrected chi connectivity index (χ3v) is 5.92. The van der Waals surface area contributed by atoms with E-state index < -0.39 is 0 Å². The second-order valence-corrected chi connectivity index (χ2v) is 8.11. The van der Waals surface area contributed by atoms with Crippen LogP contribution in [-0.2, 0) is 4.79 Å². The van der Waals surface area contributed by atoms with E-state index in [0.717, 1.165) is 31.6 Å². The van der Waals surface area contributed by atoms with E-state index in [1.165, 1.54) is 0 Å². The Morgan fingerprint density at radius 2 is 1.76 bits per heavy atom. The first kappa shape index (κ1) is 24.6. The largest absolute Gasteiger partial charge is 0.493 e. The number of benzene rings is 2. The van der Waals surface area contributed by atoms with Crippen LogP contribution in [0.25, 0.3) is 6.08 Å². The maximum atomic E-state index is 12.5. The number of piperazine rings is 1. The molecule has 2 aromatic rings. The number of ether oxygens (including phenoxy) is 2. The quantitative estimate of drug-likeness (QED) is 0.448. The molecule has 176 valence electrons. The van der Waals surface area contributed by atoms with Crippen molar-refractivity contribution in [1.82, 2.24) is 15.1 Å². The summed E-state index contributed by atoms with van der Waals surface area (Å²) in [6, 6.07) is 12.6. The Labute approximate surface area is 199 Å². The van der Waals surface area contributed by atoms with Gasteiger partial charge < -0.3 is 19.7 Å². The topological polar surface area (TPSA) is 71.1 Å². The van der Waals surface area contributed by atoms with Gasteiger partial charge in [0.15, 0.2) is 11.5 Å². The van der Waals surface area contributed by atoms with Crippen LogP contribution in [0.4, 0.5) is 0 Å². The number of amides is 2. The number of nitrogens with one attached hydrogen (secondary N) is 1. The van der Waals surface area contributed by atoms with Crippen LogP contribution < -0.4 is 14.8 Å². The highest BCUT2D eigenvalue weighted by Gasteiger charge is 2.19. The Kier molecular flexibility index (Phi) is 9.15. The molecule has 0 unspecified atom stereocenters. The van der Waals surface area contributed by atoms with Crippen LogP contribution >= 0.6 is 11.6 Å². The summed E-state index contributed by atoms with van der Waals surface area (Å²) in [6.07, 6.45) is 4.18. The van der Waals surface area contributed by atoms with Crippen LogP contribution in [0.5, 0.6) is 11.5 Å². The monoisotopic (exact) mass is 471 g/mol. The van der Waals surface area contributed by atoms with Crippen molar-refractivity contribution in [1.29, 1.82) is 0 Å². The average Bonchev–Trinajstić information content (AvgIpc) is 2.85. The maximum absolute atomic E-state index is 12.5. The molecular weight excluding hydrogens is 442 g/mol. The van der Waals surface area contributed by atoms with E-state index in [1.807, 2.05) is 23.1 Å². The van der Waals surface area contributed by atoms with Gasteiger partial charge >= 0.3 is 0 Å². The summed E-state index contributed by atoms with van der Waals surface area (Å²) in [5.74, 6) is 0.971. The highest BCUT2D eigenvalue weighted by atomic mass is 35.5. The zero-order chi connectivity index (χ0) is 23.6. The van der Waals surface area contributed by atoms with Crippen LogP contribution in [0.2, 0.25) is 5.02 Å². The predicted octanol–water partition coefficient (Wildman–Crippen LogP) is 3.33. The maximum Gasteiger partial charge on any atom is 0.251 e. The number of methoxy groups -OCH3 is 2. The normalized spacial score (nSPS) is 14.3. The Hall–Kier alpha value is -3.03. The number of carbonyl (C=O) groups is 2. The van der Waals surface area contributed by atoms with Crippen LogP contribution in [0.1, 0.15) is 22.3 Å². The lowest BCUT2D eigenvalue weighted by Gasteiger charge is -2.34. The standard InChI is InChI=1S/C25H30ClN3O4/c1-32-22-10-8-20(18-23(22)33-2)25(31)27-12-5-13-28-14-16-29(17-15-28)24(30)11-9-19-6-3-4-7-21(19)26/h3-4,6-11,18H,5,12-17H2,1-2H3,(H,27,31)/b11-9+. The third-order valence-electron chi connectivity index (χ3n) is 5.58. The van der Waals surface area contributed by atoms with E-state index in [0.29, 0.717) is 41.7 Å². The minimum absolute atomic E-state index is 0.00301. The van der Waals surface area contributed by atoms with Crippen LogP contribution in [0.15, 0.2) is 48.5 Å². The zero-order valence-corrected chi connectivity index (χ0v) is 19.8. The highest BCUT2D eigenvalue weighted by Crippen LogP contribution is 2.27. The predicted molar refractivity (Wildman–Crippen MR) is 130 cm³/mol. The molecule has 0 radical (unpaired) electrons. The van der Waals surface area contributed by atoms with Crippen molar-refractivity contribution < 1.29 is 19.1 Å². The Balaban J connectivity index is 1.36. The molecule has 8 heteroatoms. The molecule has 1 heterocycles. The van der Waals surface area contributed by atoms with E-state index in [2.05, 4.69) is 10.2 Å². The van der Waals surface area contributed by atoms with E-state index in [1.54, 1.807) is 50.6 Å². The van der Waals surface area contributed by atoms with Gasteiger partial charge in [0, 0.05) is 49.4 Å². The molecular formula is C25H30ClN3O4. The first-order chi connectivity index (χ1) is 16.0. The molecule has 2 aromatic carbocycles. The fourth-order valence-electron chi connectivity index (χ4n) is 3.65. The molecule has 0 atom stereocenters. The summed E-state index contributed by atoms with van der Waals surface area (Å²) in [5.41, 5.74) is 1.37. The number of halogens is 1. The molecule has 1 fully saturated rings. The fourth-order valence-corrected chi connectivity index (χ4v) is 3.85. The Bertz CT molecular complexity index is 987. The molecule has 2 amide bonds. The molecule has 1 aliphatic rings. The summed E-state index contributed by atoms with van der Waals surface area (Å²) in [5, 5.41) is 3.57. The van der Waals surface area contributed by atoms with Crippen molar-refractivity contribution >= 4 is 29.5 Å². The molecule has 0 bridgehead atoms. The lowest BCUT2D eigenvalue weighted by atomic mass is 10.2. The van der Waals surface area contributed by atoms with Gasteiger partial charge in [0.1, 0.15) is 0 Å². The molecule has 7 nitrogen and oxygen atoms in total. The smallest absolute Gasteiger partial charge is 0.251 e. The first-order valence-corrected chi connectivity index (χ1v) is 11.3. The van der Waals surface area contributed by atoms with Gasteiger partial charge in [-0.2, -0.15) is 0 Å². The lowest BCUT2D eigenvalue weighted by molar-refractivity contribution is -0.127. The molecule has 0 spiro atoms. The van der Waals surface area contributed by atoms with Gasteiger partial charge in [-0.25, -0.2) is 0 Å². The SMILES string of the molecule is COc1ccc(C(=O)NCCCN2CCN(C(=O)/C=C/c3ccccc3Cl)CC2)cc1OC. The van der Waals surface area contributed by atoms with Gasteiger partial charge in [0.25, 0.3) is 5.91 Å². The number of nitrogens with zero attached hydrogens (tertiary/aromatic N) is 2. The summed E-state index contributed by atoms with van der Waals surface area (Å²) in [4.78, 5) is 29.0. The molecule has 1 aliphatic heterocycles. The zero-order valence-electron chi connectivity index (χ0n) is 19.1. The van der Waals surface area contributed by atoms with Crippen molar-refractivity contribution in [2.45, 2.75) is 6.42 Å². The third kappa shape index (κ3) is 6.97. The van der Waals surface area contributed by atoms with E-state index in [-0.39, 0.29) is 11.8 Å². The van der Waals surface area contributed by atoms with Gasteiger partial charge in [-0.3, -0.25) is 14.5 Å². The molecule has 33 heavy (non-hydrogen) atoms. The second-order valence-electron chi connectivity index (χ2n) is 7.70. The summed E-state index contributed by atoms with van der Waals surface area (Å²) >= 11 is 6.13. The second kappa shape index (κ2) is 12.3. The molecule has 1 saturated heterocycles. The van der Waals surface area contributed by atoms with Crippen molar-refractivity contribution in [3.8, 4) is 11.5 Å². The number of hydrogen-bond acceptors (Lipinski definition) is 5. The van der Waals surface area contributed by atoms with E-state index in [4.69, 9.17) is 21.1 Å². The van der Waals surface area contributed by atoms with Gasteiger partial charge in [0.2, 0.25) is 5.91 Å². The minimum atomic E-state index is -0.142. The highest BCUT2D eigenvalue weighted by molar-refractivity contribution is 6.32. The Morgan fingerprint density at radius 3 is 2.45 bits per heavy atom. The molecule has 0 aromatic heterocycles. The fraction of sp³-hybridized carbons (Fsp3) is 0.360. The van der Waals surface area contributed by atoms with Crippen molar-refractivity contribution in [2.24, 2.45) is 0 Å². The molecule has 1 N–H and O–H groups in total. The average molecular weight is 472 g/mol. The van der Waals surface area contributed by atoms with Crippen molar-refractivity contribution in [3.05, 3.63) is 64.7 Å². The molecule has 0 saturated carbocycles. The van der Waals surface area contributed by atoms with Gasteiger partial charge in [-0.1, -0.05) is 29.8 Å². The number of rotatable bonds is 9. The van der Waals surface area contributed by atoms with Crippen LogP contribution in [0.3, 0.4) is 0 Å². The summed E-state index contributed by atoms with van der Waals surface area (Å²) < 4.78 is 10.5. The minimum Gasteiger partial charge on any atom is -0.493 e. The van der Waals surface area contributed by atoms with Gasteiger partial charge in [-0.15, -0.1) is 0 Å². The van der Waals surface area contributed by atoms with Crippen LogP contribution in [0, 0.1) is 0 Å².